The molecular formula is C29H21N3O2. The number of rotatable bonds is 6. The Bertz CT molecular complexity index is 1460. The van der Waals surface area contributed by atoms with Crippen LogP contribution in [0.25, 0.3) is 28.2 Å². The van der Waals surface area contributed by atoms with Crippen LogP contribution in [0.4, 0.5) is 11.4 Å². The lowest BCUT2D eigenvalue weighted by atomic mass is 10.1. The van der Waals surface area contributed by atoms with Gasteiger partial charge in [-0.15, -0.1) is 0 Å². The van der Waals surface area contributed by atoms with Gasteiger partial charge in [0, 0.05) is 23.5 Å². The summed E-state index contributed by atoms with van der Waals surface area (Å²) in [6, 6.07) is 39.1. The van der Waals surface area contributed by atoms with Crippen molar-refractivity contribution in [1.29, 1.82) is 0 Å². The third-order valence-electron chi connectivity index (χ3n) is 5.58. The molecule has 0 saturated carbocycles. The summed E-state index contributed by atoms with van der Waals surface area (Å²) in [4.78, 5) is 15.6. The molecule has 0 radical (unpaired) electrons. The minimum absolute atomic E-state index is 0.0224. The first-order chi connectivity index (χ1) is 16.7. The second-order valence-corrected chi connectivity index (χ2v) is 7.74. The zero-order valence-corrected chi connectivity index (χ0v) is 18.3. The molecule has 5 nitrogen and oxygen atoms in total. The van der Waals surface area contributed by atoms with Gasteiger partial charge in [0.15, 0.2) is 0 Å². The van der Waals surface area contributed by atoms with E-state index < -0.39 is 4.92 Å². The van der Waals surface area contributed by atoms with Crippen molar-refractivity contribution in [2.45, 2.75) is 0 Å². The normalized spacial score (nSPS) is 11.1. The maximum Gasteiger partial charge on any atom is 0.294 e. The zero-order chi connectivity index (χ0) is 23.3. The molecule has 1 heterocycles. The SMILES string of the molecule is O=[N+]([O-])c1ccccc1N=Cc1cc(-c2ccccc2)n(-c2ccccc2)c1-c1ccccc1. The summed E-state index contributed by atoms with van der Waals surface area (Å²) in [5.41, 5.74) is 6.25. The van der Waals surface area contributed by atoms with E-state index in [1.165, 1.54) is 6.07 Å². The minimum atomic E-state index is -0.407. The Morgan fingerprint density at radius 1 is 0.706 bits per heavy atom. The van der Waals surface area contributed by atoms with Crippen molar-refractivity contribution in [3.63, 3.8) is 0 Å². The van der Waals surface area contributed by atoms with Crippen LogP contribution in [0.15, 0.2) is 126 Å². The molecule has 0 saturated heterocycles. The van der Waals surface area contributed by atoms with Crippen LogP contribution in [0.2, 0.25) is 0 Å². The number of aliphatic imine (C=N–C) groups is 1. The van der Waals surface area contributed by atoms with Gasteiger partial charge in [-0.1, -0.05) is 91.0 Å². The molecule has 0 amide bonds. The fourth-order valence-electron chi connectivity index (χ4n) is 4.05. The standard InChI is InChI=1S/C29H21N3O2/c33-32(34)27-19-11-10-18-26(27)30-21-24-20-28(22-12-4-1-5-13-22)31(25-16-8-3-9-17-25)29(24)23-14-6-2-7-15-23/h1-21H. The van der Waals surface area contributed by atoms with Crippen molar-refractivity contribution in [3.8, 4) is 28.2 Å². The molecule has 5 heteroatoms. The third-order valence-corrected chi connectivity index (χ3v) is 5.58. The summed E-state index contributed by atoms with van der Waals surface area (Å²) in [7, 11) is 0. The number of hydrogen-bond donors (Lipinski definition) is 0. The van der Waals surface area contributed by atoms with Crippen LogP contribution in [-0.2, 0) is 0 Å². The number of para-hydroxylation sites is 3. The highest BCUT2D eigenvalue weighted by molar-refractivity contribution is 5.95. The molecule has 0 N–H and O–H groups in total. The van der Waals surface area contributed by atoms with E-state index in [0.29, 0.717) is 5.69 Å². The van der Waals surface area contributed by atoms with Gasteiger partial charge in [0.2, 0.25) is 0 Å². The molecule has 34 heavy (non-hydrogen) atoms. The van der Waals surface area contributed by atoms with E-state index in [4.69, 9.17) is 0 Å². The summed E-state index contributed by atoms with van der Waals surface area (Å²) in [5, 5.41) is 11.5. The topological polar surface area (TPSA) is 60.4 Å². The van der Waals surface area contributed by atoms with Crippen LogP contribution in [0, 0.1) is 10.1 Å². The number of nitro groups is 1. The number of nitro benzene ring substituents is 1. The molecule has 1 aromatic heterocycles. The van der Waals surface area contributed by atoms with Crippen molar-refractivity contribution in [1.82, 2.24) is 4.57 Å². The fourth-order valence-corrected chi connectivity index (χ4v) is 4.05. The van der Waals surface area contributed by atoms with Crippen molar-refractivity contribution >= 4 is 17.6 Å². The summed E-state index contributed by atoms with van der Waals surface area (Å²) in [6.07, 6.45) is 1.72. The fraction of sp³-hybridized carbons (Fsp3) is 0. The second-order valence-electron chi connectivity index (χ2n) is 7.74. The smallest absolute Gasteiger partial charge is 0.294 e. The van der Waals surface area contributed by atoms with Gasteiger partial charge in [-0.05, 0) is 35.4 Å². The molecule has 5 rings (SSSR count). The average molecular weight is 444 g/mol. The first-order valence-electron chi connectivity index (χ1n) is 10.9. The number of nitrogens with zero attached hydrogens (tertiary/aromatic N) is 3. The lowest BCUT2D eigenvalue weighted by Crippen LogP contribution is -2.00. The summed E-state index contributed by atoms with van der Waals surface area (Å²) >= 11 is 0. The highest BCUT2D eigenvalue weighted by Crippen LogP contribution is 2.36. The van der Waals surface area contributed by atoms with E-state index in [0.717, 1.165) is 33.8 Å². The Hall–Kier alpha value is -4.77. The van der Waals surface area contributed by atoms with E-state index in [-0.39, 0.29) is 5.69 Å². The lowest BCUT2D eigenvalue weighted by Gasteiger charge is -2.15. The predicted molar refractivity (Wildman–Crippen MR) is 137 cm³/mol. The maximum atomic E-state index is 11.5. The first kappa shape index (κ1) is 21.1. The van der Waals surface area contributed by atoms with Crippen LogP contribution < -0.4 is 0 Å². The van der Waals surface area contributed by atoms with Gasteiger partial charge in [0.1, 0.15) is 5.69 Å². The van der Waals surface area contributed by atoms with Crippen LogP contribution in [0.3, 0.4) is 0 Å². The molecule has 0 spiro atoms. The monoisotopic (exact) mass is 443 g/mol. The van der Waals surface area contributed by atoms with Gasteiger partial charge >= 0.3 is 0 Å². The quantitative estimate of drug-likeness (QED) is 0.155. The summed E-state index contributed by atoms with van der Waals surface area (Å²) in [5.74, 6) is 0. The van der Waals surface area contributed by atoms with E-state index in [2.05, 4.69) is 52.0 Å². The Labute approximate surface area is 197 Å². The lowest BCUT2D eigenvalue weighted by molar-refractivity contribution is -0.384. The largest absolute Gasteiger partial charge is 0.309 e. The Balaban J connectivity index is 1.77. The van der Waals surface area contributed by atoms with Crippen LogP contribution >= 0.6 is 0 Å². The van der Waals surface area contributed by atoms with E-state index >= 15 is 0 Å². The molecule has 0 aliphatic carbocycles. The van der Waals surface area contributed by atoms with Crippen molar-refractivity contribution in [3.05, 3.63) is 137 Å². The Morgan fingerprint density at radius 3 is 1.91 bits per heavy atom. The molecule has 4 aromatic carbocycles. The molecule has 0 atom stereocenters. The first-order valence-corrected chi connectivity index (χ1v) is 10.9. The minimum Gasteiger partial charge on any atom is -0.309 e. The van der Waals surface area contributed by atoms with Crippen molar-refractivity contribution in [2.24, 2.45) is 4.99 Å². The molecule has 164 valence electrons. The van der Waals surface area contributed by atoms with Gasteiger partial charge in [0.05, 0.1) is 16.3 Å². The van der Waals surface area contributed by atoms with Gasteiger partial charge in [-0.3, -0.25) is 10.1 Å². The van der Waals surface area contributed by atoms with Gasteiger partial charge in [-0.25, -0.2) is 4.99 Å². The van der Waals surface area contributed by atoms with E-state index in [1.54, 1.807) is 24.4 Å². The predicted octanol–water partition coefficient (Wildman–Crippen LogP) is 7.47. The summed E-state index contributed by atoms with van der Waals surface area (Å²) in [6.45, 7) is 0. The van der Waals surface area contributed by atoms with Gasteiger partial charge in [0.25, 0.3) is 5.69 Å². The molecule has 0 aliphatic rings. The van der Waals surface area contributed by atoms with Crippen molar-refractivity contribution < 1.29 is 4.92 Å². The molecule has 5 aromatic rings. The van der Waals surface area contributed by atoms with E-state index in [1.807, 2.05) is 54.6 Å². The number of aromatic nitrogens is 1. The average Bonchev–Trinajstić information content (AvgIpc) is 3.28. The third kappa shape index (κ3) is 4.14. The van der Waals surface area contributed by atoms with Crippen LogP contribution in [-0.4, -0.2) is 15.7 Å². The zero-order valence-electron chi connectivity index (χ0n) is 18.3. The van der Waals surface area contributed by atoms with Gasteiger partial charge in [-0.2, -0.15) is 0 Å². The Kier molecular flexibility index (Phi) is 5.82. The van der Waals surface area contributed by atoms with Crippen LogP contribution in [0.5, 0.6) is 0 Å². The van der Waals surface area contributed by atoms with Crippen LogP contribution in [0.1, 0.15) is 5.56 Å². The highest BCUT2D eigenvalue weighted by atomic mass is 16.6. The number of benzene rings is 4. The second kappa shape index (κ2) is 9.38. The van der Waals surface area contributed by atoms with Crippen molar-refractivity contribution in [2.75, 3.05) is 0 Å². The van der Waals surface area contributed by atoms with E-state index in [9.17, 15) is 10.1 Å². The molecular weight excluding hydrogens is 422 g/mol. The molecule has 0 unspecified atom stereocenters. The Morgan fingerprint density at radius 2 is 1.26 bits per heavy atom. The maximum absolute atomic E-state index is 11.5. The summed E-state index contributed by atoms with van der Waals surface area (Å²) < 4.78 is 2.21. The highest BCUT2D eigenvalue weighted by Gasteiger charge is 2.19. The molecule has 0 bridgehead atoms. The molecule has 0 fully saturated rings. The van der Waals surface area contributed by atoms with Gasteiger partial charge < -0.3 is 4.57 Å². The number of hydrogen-bond acceptors (Lipinski definition) is 3. The molecule has 0 aliphatic heterocycles.